The predicted molar refractivity (Wildman–Crippen MR) is 92.9 cm³/mol. The number of aromatic nitrogens is 2. The van der Waals surface area contributed by atoms with Crippen LogP contribution in [0.5, 0.6) is 5.75 Å². The standard InChI is InChI=1S/C17H15N3O4S/c1-2-24-11-5-3-10(4-6-11)13(17(22)23)20-15(21)14-12-7-8-25-16(12)19-9-18-14/h3-9,13H,2H2,1H3,(H,20,21)(H,22,23). The molecule has 1 amide bonds. The normalized spacial score (nSPS) is 11.9. The van der Waals surface area contributed by atoms with Crippen LogP contribution in [0.3, 0.4) is 0 Å². The van der Waals surface area contributed by atoms with Gasteiger partial charge in [-0.3, -0.25) is 4.79 Å². The van der Waals surface area contributed by atoms with Gasteiger partial charge >= 0.3 is 5.97 Å². The Bertz CT molecular complexity index is 908. The van der Waals surface area contributed by atoms with Crippen LogP contribution in [-0.2, 0) is 4.79 Å². The summed E-state index contributed by atoms with van der Waals surface area (Å²) in [6.45, 7) is 2.38. The van der Waals surface area contributed by atoms with Gasteiger partial charge in [-0.25, -0.2) is 14.8 Å². The van der Waals surface area contributed by atoms with Gasteiger partial charge in [0.15, 0.2) is 6.04 Å². The summed E-state index contributed by atoms with van der Waals surface area (Å²) in [7, 11) is 0. The molecule has 1 aromatic carbocycles. The van der Waals surface area contributed by atoms with Gasteiger partial charge in [0.05, 0.1) is 6.61 Å². The Hall–Kier alpha value is -3.00. The quantitative estimate of drug-likeness (QED) is 0.703. The fourth-order valence-corrected chi connectivity index (χ4v) is 3.11. The first-order chi connectivity index (χ1) is 12.1. The van der Waals surface area contributed by atoms with E-state index in [1.165, 1.54) is 17.7 Å². The van der Waals surface area contributed by atoms with Crippen LogP contribution in [-0.4, -0.2) is 33.6 Å². The van der Waals surface area contributed by atoms with Crippen molar-refractivity contribution in [2.24, 2.45) is 0 Å². The third-order valence-electron chi connectivity index (χ3n) is 3.52. The van der Waals surface area contributed by atoms with Crippen molar-refractivity contribution >= 4 is 33.4 Å². The van der Waals surface area contributed by atoms with E-state index in [0.717, 1.165) is 0 Å². The first-order valence-electron chi connectivity index (χ1n) is 7.54. The van der Waals surface area contributed by atoms with E-state index in [4.69, 9.17) is 4.74 Å². The fourth-order valence-electron chi connectivity index (χ4n) is 2.38. The van der Waals surface area contributed by atoms with Crippen LogP contribution >= 0.6 is 11.3 Å². The summed E-state index contributed by atoms with van der Waals surface area (Å²) in [5, 5.41) is 14.4. The molecule has 0 aliphatic heterocycles. The van der Waals surface area contributed by atoms with E-state index in [0.29, 0.717) is 28.1 Å². The van der Waals surface area contributed by atoms with E-state index >= 15 is 0 Å². The van der Waals surface area contributed by atoms with Crippen molar-refractivity contribution in [2.45, 2.75) is 13.0 Å². The molecule has 8 heteroatoms. The number of hydrogen-bond acceptors (Lipinski definition) is 6. The number of thiophene rings is 1. The number of ether oxygens (including phenoxy) is 1. The zero-order chi connectivity index (χ0) is 17.8. The number of aliphatic carboxylic acids is 1. The number of amides is 1. The van der Waals surface area contributed by atoms with Crippen LogP contribution < -0.4 is 10.1 Å². The Balaban J connectivity index is 1.85. The maximum Gasteiger partial charge on any atom is 0.330 e. The molecule has 3 aromatic rings. The summed E-state index contributed by atoms with van der Waals surface area (Å²) in [5.41, 5.74) is 0.600. The lowest BCUT2D eigenvalue weighted by atomic mass is 10.1. The largest absolute Gasteiger partial charge is 0.494 e. The number of nitrogens with one attached hydrogen (secondary N) is 1. The highest BCUT2D eigenvalue weighted by Gasteiger charge is 2.24. The molecule has 0 bridgehead atoms. The maximum absolute atomic E-state index is 12.5. The molecule has 0 saturated heterocycles. The summed E-state index contributed by atoms with van der Waals surface area (Å²) in [4.78, 5) is 32.9. The van der Waals surface area contributed by atoms with Crippen LogP contribution in [0.25, 0.3) is 10.2 Å². The number of carbonyl (C=O) groups excluding carboxylic acids is 1. The van der Waals surface area contributed by atoms with Gasteiger partial charge in [0.1, 0.15) is 22.6 Å². The van der Waals surface area contributed by atoms with E-state index in [2.05, 4.69) is 15.3 Å². The van der Waals surface area contributed by atoms with Gasteiger partial charge in [-0.1, -0.05) is 12.1 Å². The highest BCUT2D eigenvalue weighted by atomic mass is 32.1. The second-order valence-electron chi connectivity index (χ2n) is 5.11. The first-order valence-corrected chi connectivity index (χ1v) is 8.42. The summed E-state index contributed by atoms with van der Waals surface area (Å²) in [6, 6.07) is 7.12. The number of nitrogens with zero attached hydrogens (tertiary/aromatic N) is 2. The molecule has 1 atom stereocenters. The van der Waals surface area contributed by atoms with E-state index in [9.17, 15) is 14.7 Å². The summed E-state index contributed by atoms with van der Waals surface area (Å²) in [6.07, 6.45) is 1.29. The molecule has 0 aliphatic carbocycles. The lowest BCUT2D eigenvalue weighted by Gasteiger charge is -2.15. The van der Waals surface area contributed by atoms with Gasteiger partial charge in [0.2, 0.25) is 0 Å². The first kappa shape index (κ1) is 16.8. The molecule has 0 fully saturated rings. The van der Waals surface area contributed by atoms with Crippen LogP contribution in [0.1, 0.15) is 29.0 Å². The smallest absolute Gasteiger partial charge is 0.330 e. The average molecular weight is 357 g/mol. The third kappa shape index (κ3) is 3.58. The number of hydrogen-bond donors (Lipinski definition) is 2. The molecule has 0 aliphatic rings. The summed E-state index contributed by atoms with van der Waals surface area (Å²) >= 11 is 1.39. The van der Waals surface area contributed by atoms with E-state index in [1.807, 2.05) is 6.92 Å². The summed E-state index contributed by atoms with van der Waals surface area (Å²) < 4.78 is 5.34. The molecule has 2 N–H and O–H groups in total. The average Bonchev–Trinajstić information content (AvgIpc) is 3.09. The van der Waals surface area contributed by atoms with Crippen molar-refractivity contribution in [1.29, 1.82) is 0 Å². The van der Waals surface area contributed by atoms with E-state index in [1.54, 1.807) is 35.7 Å². The molecular formula is C17H15N3O4S. The molecule has 0 spiro atoms. The molecule has 2 heterocycles. The number of benzene rings is 1. The molecule has 0 radical (unpaired) electrons. The number of rotatable bonds is 6. The van der Waals surface area contributed by atoms with Crippen molar-refractivity contribution in [3.63, 3.8) is 0 Å². The van der Waals surface area contributed by atoms with Crippen LogP contribution in [0, 0.1) is 0 Å². The maximum atomic E-state index is 12.5. The molecule has 0 saturated carbocycles. The molecule has 7 nitrogen and oxygen atoms in total. The second kappa shape index (κ2) is 7.27. The Labute approximate surface area is 147 Å². The molecule has 25 heavy (non-hydrogen) atoms. The fraction of sp³-hybridized carbons (Fsp3) is 0.176. The van der Waals surface area contributed by atoms with Gasteiger partial charge < -0.3 is 15.2 Å². The molecule has 1 unspecified atom stereocenters. The minimum Gasteiger partial charge on any atom is -0.494 e. The minimum atomic E-state index is -1.19. The number of carboxylic acid groups (broad SMARTS) is 1. The van der Waals surface area contributed by atoms with Gasteiger partial charge in [0.25, 0.3) is 5.91 Å². The van der Waals surface area contributed by atoms with Crippen molar-refractivity contribution in [1.82, 2.24) is 15.3 Å². The van der Waals surface area contributed by atoms with Crippen LogP contribution in [0.2, 0.25) is 0 Å². The van der Waals surface area contributed by atoms with Gasteiger partial charge in [0, 0.05) is 5.39 Å². The Morgan fingerprint density at radius 1 is 1.24 bits per heavy atom. The highest BCUT2D eigenvalue weighted by molar-refractivity contribution is 7.16. The van der Waals surface area contributed by atoms with Crippen LogP contribution in [0.15, 0.2) is 42.0 Å². The number of carbonyl (C=O) groups is 2. The minimum absolute atomic E-state index is 0.156. The highest BCUT2D eigenvalue weighted by Crippen LogP contribution is 2.22. The Kier molecular flexibility index (Phi) is 4.90. The lowest BCUT2D eigenvalue weighted by molar-refractivity contribution is -0.139. The molecule has 3 rings (SSSR count). The van der Waals surface area contributed by atoms with Gasteiger partial charge in [-0.2, -0.15) is 0 Å². The van der Waals surface area contributed by atoms with Gasteiger partial charge in [-0.05, 0) is 36.1 Å². The number of fused-ring (bicyclic) bond motifs is 1. The second-order valence-corrected chi connectivity index (χ2v) is 6.00. The lowest BCUT2D eigenvalue weighted by Crippen LogP contribution is -2.34. The molecule has 2 aromatic heterocycles. The van der Waals surface area contributed by atoms with Crippen molar-refractivity contribution in [3.8, 4) is 5.75 Å². The zero-order valence-corrected chi connectivity index (χ0v) is 14.1. The van der Waals surface area contributed by atoms with Gasteiger partial charge in [-0.15, -0.1) is 11.3 Å². The number of carboxylic acids is 1. The van der Waals surface area contributed by atoms with E-state index < -0.39 is 17.9 Å². The van der Waals surface area contributed by atoms with Crippen molar-refractivity contribution in [3.05, 3.63) is 53.3 Å². The predicted octanol–water partition coefficient (Wildman–Crippen LogP) is 2.65. The zero-order valence-electron chi connectivity index (χ0n) is 13.3. The SMILES string of the molecule is CCOc1ccc(C(NC(=O)c2ncnc3sccc23)C(=O)O)cc1. The van der Waals surface area contributed by atoms with Crippen molar-refractivity contribution in [2.75, 3.05) is 6.61 Å². The molecular weight excluding hydrogens is 342 g/mol. The Morgan fingerprint density at radius 2 is 2.00 bits per heavy atom. The summed E-state index contributed by atoms with van der Waals surface area (Å²) in [5.74, 6) is -1.09. The molecule has 128 valence electrons. The van der Waals surface area contributed by atoms with Crippen molar-refractivity contribution < 1.29 is 19.4 Å². The Morgan fingerprint density at radius 3 is 2.68 bits per heavy atom. The monoisotopic (exact) mass is 357 g/mol. The topological polar surface area (TPSA) is 101 Å². The van der Waals surface area contributed by atoms with E-state index in [-0.39, 0.29) is 5.69 Å². The third-order valence-corrected chi connectivity index (χ3v) is 4.34. The van der Waals surface area contributed by atoms with Crippen LogP contribution in [0.4, 0.5) is 0 Å².